The van der Waals surface area contributed by atoms with Gasteiger partial charge in [0.25, 0.3) is 0 Å². The molecule has 3 rings (SSSR count). The maximum absolute atomic E-state index is 3.71. The van der Waals surface area contributed by atoms with E-state index in [-0.39, 0.29) is 0 Å². The smallest absolute Gasteiger partial charge is 0.0206 e. The lowest BCUT2D eigenvalue weighted by Gasteiger charge is -2.23. The summed E-state index contributed by atoms with van der Waals surface area (Å²) in [6.07, 6.45) is 4.70. The highest BCUT2D eigenvalue weighted by Gasteiger charge is 2.07. The molecule has 0 bridgehead atoms. The summed E-state index contributed by atoms with van der Waals surface area (Å²) in [6.45, 7) is 23.3. The summed E-state index contributed by atoms with van der Waals surface area (Å²) in [7, 11) is 0. The number of likely N-dealkylation sites (N-methyl/N-ethyl adjacent to an activating group) is 1. The van der Waals surface area contributed by atoms with E-state index in [4.69, 9.17) is 0 Å². The van der Waals surface area contributed by atoms with E-state index in [1.54, 1.807) is 0 Å². The van der Waals surface area contributed by atoms with Crippen LogP contribution >= 0.6 is 0 Å². The molecule has 50 heavy (non-hydrogen) atoms. The van der Waals surface area contributed by atoms with Crippen LogP contribution < -0.4 is 31.9 Å². The predicted octanol–water partition coefficient (Wildman–Crippen LogP) is 4.83. The zero-order chi connectivity index (χ0) is 35.2. The maximum atomic E-state index is 3.71. The van der Waals surface area contributed by atoms with Crippen molar-refractivity contribution >= 4 is 0 Å². The number of hydrogen-bond donors (Lipinski definition) is 6. The van der Waals surface area contributed by atoms with Crippen LogP contribution in [0.25, 0.3) is 0 Å². The average Bonchev–Trinajstić information content (AvgIpc) is 3.15. The number of rotatable bonds is 32. The molecule has 0 aliphatic carbocycles. The van der Waals surface area contributed by atoms with Gasteiger partial charge >= 0.3 is 0 Å². The molecule has 0 heterocycles. The molecule has 0 fully saturated rings. The van der Waals surface area contributed by atoms with Gasteiger partial charge in [0.05, 0.1) is 0 Å². The van der Waals surface area contributed by atoms with Gasteiger partial charge in [-0.1, -0.05) is 98.8 Å². The molecular weight excluding hydrogens is 617 g/mol. The lowest BCUT2D eigenvalue weighted by molar-refractivity contribution is 0.264. The molecule has 6 N–H and O–H groups in total. The molecule has 8 heteroatoms. The van der Waals surface area contributed by atoms with Gasteiger partial charge in [-0.15, -0.1) is 0 Å². The van der Waals surface area contributed by atoms with Gasteiger partial charge in [-0.05, 0) is 113 Å². The molecule has 0 radical (unpaired) electrons. The molecular formula is C42H70N8. The molecule has 3 aromatic rings. The summed E-state index contributed by atoms with van der Waals surface area (Å²) in [5.74, 6) is 0. The van der Waals surface area contributed by atoms with Gasteiger partial charge in [0.1, 0.15) is 0 Å². The number of nitrogens with zero attached hydrogens (tertiary/aromatic N) is 2. The van der Waals surface area contributed by atoms with Crippen molar-refractivity contribution in [3.05, 3.63) is 107 Å². The number of nitrogens with one attached hydrogen (secondary N) is 6. The first kappa shape index (κ1) is 41.8. The second-order valence-electron chi connectivity index (χ2n) is 13.3. The third-order valence-corrected chi connectivity index (χ3v) is 9.01. The molecule has 0 amide bonds. The van der Waals surface area contributed by atoms with Gasteiger partial charge < -0.3 is 41.7 Å². The molecule has 0 atom stereocenters. The third kappa shape index (κ3) is 20.9. The highest BCUT2D eigenvalue weighted by Crippen LogP contribution is 2.06. The third-order valence-electron chi connectivity index (χ3n) is 9.01. The fourth-order valence-electron chi connectivity index (χ4n) is 6.18. The van der Waals surface area contributed by atoms with E-state index >= 15 is 0 Å². The fraction of sp³-hybridized carbons (Fsp3) is 0.571. The summed E-state index contributed by atoms with van der Waals surface area (Å²) in [5.41, 5.74) is 5.43. The molecule has 0 aliphatic heterocycles. The number of hydrogen-bond acceptors (Lipinski definition) is 8. The molecule has 0 spiro atoms. The Morgan fingerprint density at radius 2 is 0.700 bits per heavy atom. The highest BCUT2D eigenvalue weighted by molar-refractivity contribution is 5.23. The van der Waals surface area contributed by atoms with Gasteiger partial charge in [0.2, 0.25) is 0 Å². The minimum absolute atomic E-state index is 0.920. The first-order valence-corrected chi connectivity index (χ1v) is 19.6. The normalized spacial score (nSPS) is 11.6. The summed E-state index contributed by atoms with van der Waals surface area (Å²) < 4.78 is 0. The largest absolute Gasteiger partial charge is 0.317 e. The van der Waals surface area contributed by atoms with Crippen LogP contribution in [0.4, 0.5) is 0 Å². The Morgan fingerprint density at radius 1 is 0.360 bits per heavy atom. The maximum Gasteiger partial charge on any atom is 0.0206 e. The lowest BCUT2D eigenvalue weighted by atomic mass is 10.1. The lowest BCUT2D eigenvalue weighted by Crippen LogP contribution is -2.35. The van der Waals surface area contributed by atoms with Crippen molar-refractivity contribution in [2.75, 3.05) is 91.6 Å². The van der Waals surface area contributed by atoms with E-state index in [0.717, 1.165) is 124 Å². The molecule has 0 aliphatic rings. The van der Waals surface area contributed by atoms with Gasteiger partial charge in [0, 0.05) is 52.4 Å². The first-order valence-electron chi connectivity index (χ1n) is 19.6. The quantitative estimate of drug-likeness (QED) is 0.0522. The Kier molecular flexibility index (Phi) is 24.2. The van der Waals surface area contributed by atoms with Crippen molar-refractivity contribution < 1.29 is 0 Å². The SMILES string of the molecule is CCNCCCN(CCCNCc1cccc(CNCCCN(CCCNCc2ccccc2)CCNCc2ccccc2)c1)CCNCC. The van der Waals surface area contributed by atoms with Gasteiger partial charge in [-0.2, -0.15) is 0 Å². The van der Waals surface area contributed by atoms with Gasteiger partial charge in [-0.25, -0.2) is 0 Å². The van der Waals surface area contributed by atoms with Crippen molar-refractivity contribution in [2.24, 2.45) is 0 Å². The van der Waals surface area contributed by atoms with Crippen LogP contribution in [-0.2, 0) is 26.2 Å². The standard InChI is InChI=1S/C42H70N8/c1-3-43-22-12-28-49(32-26-44-4-2)29-14-24-46-37-41-20-11-21-42(34-41)38-47-25-15-31-50(33-27-48-36-40-18-9-6-10-19-40)30-13-23-45-35-39-16-7-5-8-17-39/h5-11,16-21,34,43-48H,3-4,12-15,22-33,35-38H2,1-2H3. The van der Waals surface area contributed by atoms with Crippen molar-refractivity contribution in [3.63, 3.8) is 0 Å². The highest BCUT2D eigenvalue weighted by atomic mass is 15.1. The van der Waals surface area contributed by atoms with Crippen LogP contribution in [0.1, 0.15) is 61.8 Å². The first-order chi connectivity index (χ1) is 24.8. The van der Waals surface area contributed by atoms with E-state index in [1.807, 2.05) is 0 Å². The Hall–Kier alpha value is -2.66. The van der Waals surface area contributed by atoms with Crippen LogP contribution in [0.15, 0.2) is 84.9 Å². The molecule has 0 saturated carbocycles. The topological polar surface area (TPSA) is 78.7 Å². The number of benzene rings is 3. The predicted molar refractivity (Wildman–Crippen MR) is 215 cm³/mol. The van der Waals surface area contributed by atoms with E-state index in [9.17, 15) is 0 Å². The van der Waals surface area contributed by atoms with Crippen molar-refractivity contribution in [3.8, 4) is 0 Å². The van der Waals surface area contributed by atoms with E-state index in [1.165, 1.54) is 41.6 Å². The molecule has 3 aromatic carbocycles. The minimum atomic E-state index is 0.920. The van der Waals surface area contributed by atoms with Crippen LogP contribution in [0.2, 0.25) is 0 Å². The summed E-state index contributed by atoms with van der Waals surface area (Å²) in [6, 6.07) is 30.4. The van der Waals surface area contributed by atoms with Crippen molar-refractivity contribution in [2.45, 2.75) is 65.7 Å². The Bertz CT molecular complexity index is 1180. The molecule has 0 saturated heterocycles. The summed E-state index contributed by atoms with van der Waals surface area (Å²) >= 11 is 0. The zero-order valence-electron chi connectivity index (χ0n) is 31.5. The van der Waals surface area contributed by atoms with Gasteiger partial charge in [0.15, 0.2) is 0 Å². The Labute approximate surface area is 305 Å². The molecule has 0 unspecified atom stereocenters. The van der Waals surface area contributed by atoms with Crippen LogP contribution in [-0.4, -0.2) is 101 Å². The zero-order valence-corrected chi connectivity index (χ0v) is 31.5. The van der Waals surface area contributed by atoms with Crippen LogP contribution in [0, 0.1) is 0 Å². The molecule has 278 valence electrons. The second kappa shape index (κ2) is 29.0. The minimum Gasteiger partial charge on any atom is -0.317 e. The van der Waals surface area contributed by atoms with E-state index in [2.05, 4.69) is 140 Å². The summed E-state index contributed by atoms with van der Waals surface area (Å²) in [5, 5.41) is 21.6. The van der Waals surface area contributed by atoms with E-state index in [0.29, 0.717) is 0 Å². The van der Waals surface area contributed by atoms with Crippen molar-refractivity contribution in [1.82, 2.24) is 41.7 Å². The monoisotopic (exact) mass is 687 g/mol. The average molecular weight is 687 g/mol. The van der Waals surface area contributed by atoms with Crippen LogP contribution in [0.5, 0.6) is 0 Å². The van der Waals surface area contributed by atoms with Gasteiger partial charge in [-0.3, -0.25) is 0 Å². The Morgan fingerprint density at radius 3 is 1.14 bits per heavy atom. The molecule has 8 nitrogen and oxygen atoms in total. The fourth-order valence-corrected chi connectivity index (χ4v) is 6.18. The van der Waals surface area contributed by atoms with E-state index < -0.39 is 0 Å². The van der Waals surface area contributed by atoms with Crippen LogP contribution in [0.3, 0.4) is 0 Å². The Balaban J connectivity index is 1.30. The second-order valence-corrected chi connectivity index (χ2v) is 13.3. The van der Waals surface area contributed by atoms with Crippen molar-refractivity contribution in [1.29, 1.82) is 0 Å². The summed E-state index contributed by atoms with van der Waals surface area (Å²) in [4.78, 5) is 5.24. The molecule has 0 aromatic heterocycles.